The molecule has 0 spiro atoms. The minimum atomic E-state index is -0.523. The van der Waals surface area contributed by atoms with Crippen molar-refractivity contribution < 1.29 is 14.3 Å². The molecule has 1 amide bonds. The van der Waals surface area contributed by atoms with Crippen LogP contribution in [0, 0.1) is 0 Å². The standard InChI is InChI=1S/C16H11ClN2O3S/c17-11-5-6-14(18-8-11)19-15(20)9-22-16(21)13-7-10-3-1-2-4-12(10)23-13/h1-8H,9H2,(H,18,19,20). The number of carbonyl (C=O) groups is 2. The van der Waals surface area contributed by atoms with E-state index >= 15 is 0 Å². The lowest BCUT2D eigenvalue weighted by molar-refractivity contribution is -0.119. The summed E-state index contributed by atoms with van der Waals surface area (Å²) in [7, 11) is 0. The summed E-state index contributed by atoms with van der Waals surface area (Å²) in [6.45, 7) is -0.378. The van der Waals surface area contributed by atoms with Gasteiger partial charge in [0.1, 0.15) is 10.7 Å². The predicted molar refractivity (Wildman–Crippen MR) is 90.0 cm³/mol. The first-order chi connectivity index (χ1) is 11.1. The number of fused-ring (bicyclic) bond motifs is 1. The number of thiophene rings is 1. The van der Waals surface area contributed by atoms with E-state index in [2.05, 4.69) is 10.3 Å². The molecule has 1 N–H and O–H groups in total. The van der Waals surface area contributed by atoms with Gasteiger partial charge in [-0.25, -0.2) is 9.78 Å². The Hall–Kier alpha value is -2.44. The molecule has 5 nitrogen and oxygen atoms in total. The van der Waals surface area contributed by atoms with Crippen LogP contribution in [0.1, 0.15) is 9.67 Å². The summed E-state index contributed by atoms with van der Waals surface area (Å²) in [4.78, 5) is 28.1. The number of anilines is 1. The molecule has 116 valence electrons. The quantitative estimate of drug-likeness (QED) is 0.730. The zero-order chi connectivity index (χ0) is 16.2. The van der Waals surface area contributed by atoms with E-state index in [1.54, 1.807) is 18.2 Å². The molecule has 0 fully saturated rings. The summed E-state index contributed by atoms with van der Waals surface area (Å²) in [6, 6.07) is 12.6. The third kappa shape index (κ3) is 3.85. The smallest absolute Gasteiger partial charge is 0.348 e. The van der Waals surface area contributed by atoms with Gasteiger partial charge in [-0.3, -0.25) is 4.79 Å². The molecule has 0 radical (unpaired) electrons. The van der Waals surface area contributed by atoms with Crippen molar-refractivity contribution >= 4 is 50.7 Å². The number of halogens is 1. The molecule has 0 saturated carbocycles. The average Bonchev–Trinajstić information content (AvgIpc) is 2.99. The van der Waals surface area contributed by atoms with Gasteiger partial charge in [-0.2, -0.15) is 0 Å². The molecule has 2 aromatic heterocycles. The molecular formula is C16H11ClN2O3S. The van der Waals surface area contributed by atoms with Gasteiger partial charge in [-0.15, -0.1) is 11.3 Å². The molecule has 0 saturated heterocycles. The number of ether oxygens (including phenoxy) is 1. The topological polar surface area (TPSA) is 68.3 Å². The Balaban J connectivity index is 1.57. The first-order valence-corrected chi connectivity index (χ1v) is 7.88. The maximum absolute atomic E-state index is 12.0. The fraction of sp³-hybridized carbons (Fsp3) is 0.0625. The van der Waals surface area contributed by atoms with Gasteiger partial charge in [0.05, 0.1) is 5.02 Å². The van der Waals surface area contributed by atoms with Gasteiger partial charge in [0.25, 0.3) is 5.91 Å². The van der Waals surface area contributed by atoms with Crippen molar-refractivity contribution in [1.29, 1.82) is 0 Å². The van der Waals surface area contributed by atoms with E-state index in [0.29, 0.717) is 15.7 Å². The highest BCUT2D eigenvalue weighted by molar-refractivity contribution is 7.20. The number of benzene rings is 1. The van der Waals surface area contributed by atoms with Crippen molar-refractivity contribution in [3.05, 3.63) is 58.6 Å². The Kier molecular flexibility index (Phi) is 4.55. The highest BCUT2D eigenvalue weighted by atomic mass is 35.5. The lowest BCUT2D eigenvalue weighted by Crippen LogP contribution is -2.21. The number of nitrogens with one attached hydrogen (secondary N) is 1. The molecule has 0 atom stereocenters. The van der Waals surface area contributed by atoms with Crippen LogP contribution >= 0.6 is 22.9 Å². The number of esters is 1. The SMILES string of the molecule is O=C(COC(=O)c1cc2ccccc2s1)Nc1ccc(Cl)cn1. The third-order valence-electron chi connectivity index (χ3n) is 2.96. The molecule has 0 aliphatic carbocycles. The van der Waals surface area contributed by atoms with Crippen molar-refractivity contribution in [3.8, 4) is 0 Å². The molecule has 3 rings (SSSR count). The molecule has 0 aliphatic rings. The van der Waals surface area contributed by atoms with Crippen LogP contribution in [-0.2, 0) is 9.53 Å². The zero-order valence-corrected chi connectivity index (χ0v) is 13.4. The van der Waals surface area contributed by atoms with Crippen LogP contribution in [0.15, 0.2) is 48.7 Å². The number of rotatable bonds is 4. The lowest BCUT2D eigenvalue weighted by atomic mass is 10.2. The molecule has 23 heavy (non-hydrogen) atoms. The lowest BCUT2D eigenvalue weighted by Gasteiger charge is -2.05. The van der Waals surface area contributed by atoms with E-state index in [9.17, 15) is 9.59 Å². The Bertz CT molecular complexity index is 828. The fourth-order valence-electron chi connectivity index (χ4n) is 1.91. The molecule has 7 heteroatoms. The van der Waals surface area contributed by atoms with E-state index in [0.717, 1.165) is 10.1 Å². The fourth-order valence-corrected chi connectivity index (χ4v) is 2.98. The van der Waals surface area contributed by atoms with Crippen LogP contribution < -0.4 is 5.32 Å². The van der Waals surface area contributed by atoms with Crippen LogP contribution in [0.3, 0.4) is 0 Å². The van der Waals surface area contributed by atoms with E-state index in [1.807, 2.05) is 24.3 Å². The highest BCUT2D eigenvalue weighted by Crippen LogP contribution is 2.25. The predicted octanol–water partition coefficient (Wildman–Crippen LogP) is 3.75. The molecule has 0 unspecified atom stereocenters. The Morgan fingerprint density at radius 1 is 1.22 bits per heavy atom. The number of hydrogen-bond acceptors (Lipinski definition) is 5. The van der Waals surface area contributed by atoms with Crippen LogP contribution in [0.2, 0.25) is 5.02 Å². The molecule has 3 aromatic rings. The molecule has 0 aliphatic heterocycles. The van der Waals surface area contributed by atoms with Crippen LogP contribution in [0.5, 0.6) is 0 Å². The number of nitrogens with zero attached hydrogens (tertiary/aromatic N) is 1. The summed E-state index contributed by atoms with van der Waals surface area (Å²) in [6.07, 6.45) is 1.42. The normalized spacial score (nSPS) is 10.5. The number of amides is 1. The van der Waals surface area contributed by atoms with Crippen LogP contribution in [0.4, 0.5) is 5.82 Å². The van der Waals surface area contributed by atoms with E-state index in [1.165, 1.54) is 17.5 Å². The second-order valence-corrected chi connectivity index (χ2v) is 6.15. The van der Waals surface area contributed by atoms with Crippen molar-refractivity contribution in [2.24, 2.45) is 0 Å². The van der Waals surface area contributed by atoms with E-state index in [4.69, 9.17) is 16.3 Å². The second kappa shape index (κ2) is 6.76. The van der Waals surface area contributed by atoms with Gasteiger partial charge in [0, 0.05) is 10.9 Å². The minimum absolute atomic E-state index is 0.345. The minimum Gasteiger partial charge on any atom is -0.451 e. The van der Waals surface area contributed by atoms with E-state index < -0.39 is 11.9 Å². The molecule has 1 aromatic carbocycles. The van der Waals surface area contributed by atoms with Gasteiger partial charge in [-0.05, 0) is 29.7 Å². The molecule has 0 bridgehead atoms. The third-order valence-corrected chi connectivity index (χ3v) is 4.28. The van der Waals surface area contributed by atoms with Crippen molar-refractivity contribution in [2.45, 2.75) is 0 Å². The van der Waals surface area contributed by atoms with Crippen molar-refractivity contribution in [1.82, 2.24) is 4.98 Å². The second-order valence-electron chi connectivity index (χ2n) is 4.63. The number of aromatic nitrogens is 1. The van der Waals surface area contributed by atoms with Crippen LogP contribution in [0.25, 0.3) is 10.1 Å². The van der Waals surface area contributed by atoms with Gasteiger partial charge in [-0.1, -0.05) is 29.8 Å². The summed E-state index contributed by atoms with van der Waals surface area (Å²) in [5.74, 6) is -0.642. The first kappa shape index (κ1) is 15.5. The number of hydrogen-bond donors (Lipinski definition) is 1. The maximum atomic E-state index is 12.0. The van der Waals surface area contributed by atoms with Crippen molar-refractivity contribution in [3.63, 3.8) is 0 Å². The Morgan fingerprint density at radius 3 is 2.78 bits per heavy atom. The molecule has 2 heterocycles. The summed E-state index contributed by atoms with van der Waals surface area (Å²) in [5, 5.41) is 3.96. The van der Waals surface area contributed by atoms with Gasteiger partial charge < -0.3 is 10.1 Å². The number of carbonyl (C=O) groups excluding carboxylic acids is 2. The molecular weight excluding hydrogens is 336 g/mol. The Morgan fingerprint density at radius 2 is 2.04 bits per heavy atom. The summed E-state index contributed by atoms with van der Waals surface area (Å²) in [5.41, 5.74) is 0. The van der Waals surface area contributed by atoms with Crippen LogP contribution in [-0.4, -0.2) is 23.5 Å². The largest absolute Gasteiger partial charge is 0.451 e. The average molecular weight is 347 g/mol. The summed E-state index contributed by atoms with van der Waals surface area (Å²) >= 11 is 7.04. The zero-order valence-electron chi connectivity index (χ0n) is 11.8. The van der Waals surface area contributed by atoms with Crippen molar-refractivity contribution in [2.75, 3.05) is 11.9 Å². The maximum Gasteiger partial charge on any atom is 0.348 e. The number of pyridine rings is 1. The monoisotopic (exact) mass is 346 g/mol. The summed E-state index contributed by atoms with van der Waals surface area (Å²) < 4.78 is 6.02. The Labute approximate surface area is 140 Å². The van der Waals surface area contributed by atoms with Gasteiger partial charge >= 0.3 is 5.97 Å². The van der Waals surface area contributed by atoms with Gasteiger partial charge in [0.15, 0.2) is 6.61 Å². The van der Waals surface area contributed by atoms with Gasteiger partial charge in [0.2, 0.25) is 0 Å². The highest BCUT2D eigenvalue weighted by Gasteiger charge is 2.13. The van der Waals surface area contributed by atoms with E-state index in [-0.39, 0.29) is 6.61 Å². The first-order valence-electron chi connectivity index (χ1n) is 6.69.